The average molecular weight is 530 g/mol. The van der Waals surface area contributed by atoms with Gasteiger partial charge in [0.2, 0.25) is 0 Å². The number of nitrogens with zero attached hydrogens (tertiary/aromatic N) is 4. The number of H-pyrrole nitrogens is 1. The van der Waals surface area contributed by atoms with E-state index in [2.05, 4.69) is 10.2 Å². The standard InChI is InChI=1S/C30H35N5O4/c1-34(2)29-20(16-23-25(38-4)14-15-26(39-5)27(23)31-29)18-35(17-19-10-12-21(37-3)13-11-19)30(36)28-22-8-6-7-9-24(22)32-33-28/h10-16H,6-9,17-18H2,1-5H3,(H,32,33). The summed E-state index contributed by atoms with van der Waals surface area (Å²) in [4.78, 5) is 22.9. The van der Waals surface area contributed by atoms with Gasteiger partial charge in [0.15, 0.2) is 5.69 Å². The lowest BCUT2D eigenvalue weighted by molar-refractivity contribution is 0.0723. The molecule has 0 atom stereocenters. The highest BCUT2D eigenvalue weighted by atomic mass is 16.5. The van der Waals surface area contributed by atoms with Crippen LogP contribution in [-0.2, 0) is 25.9 Å². The van der Waals surface area contributed by atoms with Gasteiger partial charge in [0.1, 0.15) is 28.6 Å². The monoisotopic (exact) mass is 529 g/mol. The lowest BCUT2D eigenvalue weighted by atomic mass is 9.95. The number of pyridine rings is 1. The molecule has 0 unspecified atom stereocenters. The Bertz CT molecular complexity index is 1480. The normalized spacial score (nSPS) is 12.6. The third-order valence-corrected chi connectivity index (χ3v) is 7.27. The second-order valence-corrected chi connectivity index (χ2v) is 9.98. The molecule has 0 aliphatic heterocycles. The van der Waals surface area contributed by atoms with Crippen LogP contribution >= 0.6 is 0 Å². The summed E-state index contributed by atoms with van der Waals surface area (Å²) in [5.41, 5.74) is 5.23. The first-order valence-electron chi connectivity index (χ1n) is 13.1. The van der Waals surface area contributed by atoms with E-state index in [-0.39, 0.29) is 5.91 Å². The molecule has 204 valence electrons. The van der Waals surface area contributed by atoms with Crippen molar-refractivity contribution in [2.45, 2.75) is 38.8 Å². The van der Waals surface area contributed by atoms with E-state index in [1.165, 1.54) is 0 Å². The molecule has 39 heavy (non-hydrogen) atoms. The van der Waals surface area contributed by atoms with Gasteiger partial charge in [0.05, 0.1) is 27.9 Å². The van der Waals surface area contributed by atoms with Crippen LogP contribution in [0.2, 0.25) is 0 Å². The lowest BCUT2D eigenvalue weighted by Crippen LogP contribution is -2.32. The maximum atomic E-state index is 14.1. The van der Waals surface area contributed by atoms with Crippen LogP contribution in [0.25, 0.3) is 10.9 Å². The van der Waals surface area contributed by atoms with Gasteiger partial charge in [-0.15, -0.1) is 0 Å². The van der Waals surface area contributed by atoms with Gasteiger partial charge in [-0.3, -0.25) is 9.89 Å². The molecule has 0 spiro atoms. The number of nitrogens with one attached hydrogen (secondary N) is 1. The number of aromatic amines is 1. The number of hydrogen-bond donors (Lipinski definition) is 1. The van der Waals surface area contributed by atoms with E-state index in [1.807, 2.05) is 66.4 Å². The van der Waals surface area contributed by atoms with Crippen molar-refractivity contribution in [1.82, 2.24) is 20.1 Å². The van der Waals surface area contributed by atoms with E-state index in [0.29, 0.717) is 35.8 Å². The Morgan fingerprint density at radius 3 is 2.33 bits per heavy atom. The Balaban J connectivity index is 1.59. The molecule has 4 aromatic rings. The number of aryl methyl sites for hydroxylation is 1. The fourth-order valence-corrected chi connectivity index (χ4v) is 5.25. The van der Waals surface area contributed by atoms with Crippen molar-refractivity contribution in [1.29, 1.82) is 0 Å². The molecular weight excluding hydrogens is 494 g/mol. The van der Waals surface area contributed by atoms with Gasteiger partial charge in [-0.1, -0.05) is 12.1 Å². The smallest absolute Gasteiger partial charge is 0.275 e. The van der Waals surface area contributed by atoms with Crippen molar-refractivity contribution in [3.8, 4) is 17.2 Å². The molecule has 2 heterocycles. The summed E-state index contributed by atoms with van der Waals surface area (Å²) in [6.07, 6.45) is 3.96. The van der Waals surface area contributed by atoms with Gasteiger partial charge in [-0.05, 0) is 61.6 Å². The minimum atomic E-state index is -0.104. The quantitative estimate of drug-likeness (QED) is 0.334. The summed E-state index contributed by atoms with van der Waals surface area (Å²) in [5, 5.41) is 8.43. The van der Waals surface area contributed by atoms with Gasteiger partial charge >= 0.3 is 0 Å². The molecule has 9 nitrogen and oxygen atoms in total. The van der Waals surface area contributed by atoms with Crippen molar-refractivity contribution in [2.24, 2.45) is 0 Å². The maximum Gasteiger partial charge on any atom is 0.275 e. The van der Waals surface area contributed by atoms with Crippen LogP contribution in [-0.4, -0.2) is 61.4 Å². The van der Waals surface area contributed by atoms with Gasteiger partial charge in [-0.25, -0.2) is 4.98 Å². The Kier molecular flexibility index (Phi) is 7.58. The Morgan fingerprint density at radius 1 is 0.923 bits per heavy atom. The Morgan fingerprint density at radius 2 is 1.64 bits per heavy atom. The Hall–Kier alpha value is -4.27. The number of benzene rings is 2. The maximum absolute atomic E-state index is 14.1. The average Bonchev–Trinajstić information content (AvgIpc) is 3.40. The molecule has 5 rings (SSSR count). The van der Waals surface area contributed by atoms with E-state index in [4.69, 9.17) is 19.2 Å². The minimum absolute atomic E-state index is 0.104. The first-order chi connectivity index (χ1) is 18.9. The summed E-state index contributed by atoms with van der Waals surface area (Å²) in [5.74, 6) is 2.78. The number of hydrogen-bond acceptors (Lipinski definition) is 7. The van der Waals surface area contributed by atoms with Crippen LogP contribution in [0.3, 0.4) is 0 Å². The lowest BCUT2D eigenvalue weighted by Gasteiger charge is -2.26. The fraction of sp³-hybridized carbons (Fsp3) is 0.367. The molecule has 0 saturated carbocycles. The molecular formula is C30H35N5O4. The molecule has 2 aromatic heterocycles. The molecule has 0 radical (unpaired) electrons. The molecule has 0 bridgehead atoms. The molecule has 1 aliphatic carbocycles. The predicted octanol–water partition coefficient (Wildman–Crippen LogP) is 4.77. The third-order valence-electron chi connectivity index (χ3n) is 7.27. The van der Waals surface area contributed by atoms with Crippen LogP contribution in [0.15, 0.2) is 42.5 Å². The first kappa shape index (κ1) is 26.3. The highest BCUT2D eigenvalue weighted by Crippen LogP contribution is 2.36. The van der Waals surface area contributed by atoms with E-state index in [0.717, 1.165) is 65.0 Å². The first-order valence-corrected chi connectivity index (χ1v) is 13.1. The van der Waals surface area contributed by atoms with Crippen molar-refractivity contribution in [3.63, 3.8) is 0 Å². The zero-order chi connectivity index (χ0) is 27.5. The molecule has 1 N–H and O–H groups in total. The van der Waals surface area contributed by atoms with Gasteiger partial charge in [-0.2, -0.15) is 5.10 Å². The SMILES string of the molecule is COc1ccc(CN(Cc2cc3c(OC)ccc(OC)c3nc2N(C)C)C(=O)c2n[nH]c3c2CCCC3)cc1. The highest BCUT2D eigenvalue weighted by Gasteiger charge is 2.27. The second kappa shape index (κ2) is 11.2. The number of anilines is 1. The molecule has 9 heteroatoms. The summed E-state index contributed by atoms with van der Waals surface area (Å²) >= 11 is 0. The van der Waals surface area contributed by atoms with Crippen molar-refractivity contribution in [3.05, 3.63) is 70.5 Å². The minimum Gasteiger partial charge on any atom is -0.497 e. The predicted molar refractivity (Wildman–Crippen MR) is 151 cm³/mol. The zero-order valence-electron chi connectivity index (χ0n) is 23.2. The number of methoxy groups -OCH3 is 3. The number of carbonyl (C=O) groups excluding carboxylic acids is 1. The van der Waals surface area contributed by atoms with E-state index in [9.17, 15) is 4.79 Å². The number of ether oxygens (including phenoxy) is 3. The largest absolute Gasteiger partial charge is 0.497 e. The van der Waals surface area contributed by atoms with Gasteiger partial charge < -0.3 is 24.0 Å². The number of aromatic nitrogens is 3. The number of amides is 1. The topological polar surface area (TPSA) is 92.8 Å². The summed E-state index contributed by atoms with van der Waals surface area (Å²) < 4.78 is 16.6. The molecule has 0 saturated heterocycles. The van der Waals surface area contributed by atoms with Crippen LogP contribution in [0.1, 0.15) is 45.7 Å². The van der Waals surface area contributed by atoms with Crippen molar-refractivity contribution >= 4 is 22.6 Å². The third kappa shape index (κ3) is 5.21. The van der Waals surface area contributed by atoms with E-state index < -0.39 is 0 Å². The zero-order valence-corrected chi connectivity index (χ0v) is 23.2. The molecule has 1 aliphatic rings. The van der Waals surface area contributed by atoms with Gasteiger partial charge in [0.25, 0.3) is 5.91 Å². The molecule has 0 fully saturated rings. The summed E-state index contributed by atoms with van der Waals surface area (Å²) in [6, 6.07) is 13.6. The fourth-order valence-electron chi connectivity index (χ4n) is 5.25. The molecule has 1 amide bonds. The van der Waals surface area contributed by atoms with Gasteiger partial charge in [0, 0.05) is 42.8 Å². The van der Waals surface area contributed by atoms with E-state index in [1.54, 1.807) is 21.3 Å². The van der Waals surface area contributed by atoms with Crippen LogP contribution in [0.5, 0.6) is 17.2 Å². The second-order valence-electron chi connectivity index (χ2n) is 9.98. The summed E-state index contributed by atoms with van der Waals surface area (Å²) in [6.45, 7) is 0.744. The van der Waals surface area contributed by atoms with Crippen LogP contribution in [0, 0.1) is 0 Å². The summed E-state index contributed by atoms with van der Waals surface area (Å²) in [7, 11) is 8.81. The Labute approximate surface area is 228 Å². The highest BCUT2D eigenvalue weighted by molar-refractivity contribution is 5.95. The molecule has 2 aromatic carbocycles. The number of carbonyl (C=O) groups is 1. The van der Waals surface area contributed by atoms with E-state index >= 15 is 0 Å². The van der Waals surface area contributed by atoms with Crippen molar-refractivity contribution < 1.29 is 19.0 Å². The van der Waals surface area contributed by atoms with Crippen molar-refractivity contribution in [2.75, 3.05) is 40.3 Å². The van der Waals surface area contributed by atoms with Crippen LogP contribution in [0.4, 0.5) is 5.82 Å². The number of rotatable bonds is 9. The number of fused-ring (bicyclic) bond motifs is 2. The van der Waals surface area contributed by atoms with Crippen LogP contribution < -0.4 is 19.1 Å².